The highest BCUT2D eigenvalue weighted by Gasteiger charge is 2.37. The molecule has 2 aliphatic rings. The summed E-state index contributed by atoms with van der Waals surface area (Å²) in [5, 5.41) is 8.83. The van der Waals surface area contributed by atoms with E-state index in [1.165, 1.54) is 6.26 Å². The fourth-order valence-electron chi connectivity index (χ4n) is 2.67. The Morgan fingerprint density at radius 3 is 2.82 bits per heavy atom. The van der Waals surface area contributed by atoms with E-state index in [0.29, 0.717) is 24.5 Å². The van der Waals surface area contributed by atoms with Crippen LogP contribution in [0.15, 0.2) is 21.4 Å². The number of furan rings is 1. The number of oxazole rings is 1. The number of aromatic nitrogens is 1. The van der Waals surface area contributed by atoms with Crippen molar-refractivity contribution < 1.29 is 23.5 Å². The van der Waals surface area contributed by atoms with E-state index in [1.54, 1.807) is 16.7 Å². The third-order valence-electron chi connectivity index (χ3n) is 3.95. The molecule has 0 radical (unpaired) electrons. The number of fused-ring (bicyclic) bond motifs is 1. The zero-order chi connectivity index (χ0) is 15.3. The molecule has 2 aromatic heterocycles. The molecule has 0 aliphatic carbocycles. The van der Waals surface area contributed by atoms with Gasteiger partial charge in [0, 0.05) is 24.4 Å². The van der Waals surface area contributed by atoms with Crippen molar-refractivity contribution in [2.24, 2.45) is 0 Å². The number of carbonyl (C=O) groups excluding carboxylic acids is 1. The molecule has 0 saturated carbocycles. The molecule has 1 fully saturated rings. The van der Waals surface area contributed by atoms with Crippen molar-refractivity contribution in [2.75, 3.05) is 13.1 Å². The zero-order valence-electron chi connectivity index (χ0n) is 11.4. The Bertz CT molecular complexity index is 759. The average molecular weight is 320 g/mol. The molecule has 4 heterocycles. The van der Waals surface area contributed by atoms with Crippen molar-refractivity contribution in [3.63, 3.8) is 0 Å². The summed E-state index contributed by atoms with van der Waals surface area (Å²) < 4.78 is 10.6. The van der Waals surface area contributed by atoms with Gasteiger partial charge in [-0.1, -0.05) is 0 Å². The molecule has 1 saturated heterocycles. The second-order valence-electron chi connectivity index (χ2n) is 5.33. The number of carboxylic acids is 1. The topological polar surface area (TPSA) is 96.8 Å². The number of likely N-dealkylation sites (tertiary alicyclic amines) is 1. The smallest absolute Gasteiger partial charge is 0.357 e. The molecule has 114 valence electrons. The SMILES string of the molecule is O=C(O)c1coc(C2CN(C(=O)c3coc4c3CSC4)C2)n1. The summed E-state index contributed by atoms with van der Waals surface area (Å²) in [6.07, 6.45) is 2.66. The molecule has 8 heteroatoms. The van der Waals surface area contributed by atoms with E-state index in [9.17, 15) is 9.59 Å². The van der Waals surface area contributed by atoms with Crippen molar-refractivity contribution in [3.8, 4) is 0 Å². The second kappa shape index (κ2) is 4.91. The van der Waals surface area contributed by atoms with E-state index in [1.807, 2.05) is 0 Å². The molecule has 0 unspecified atom stereocenters. The van der Waals surface area contributed by atoms with Crippen LogP contribution in [0.2, 0.25) is 0 Å². The molecule has 0 aromatic carbocycles. The van der Waals surface area contributed by atoms with Gasteiger partial charge in [0.1, 0.15) is 18.3 Å². The highest BCUT2D eigenvalue weighted by Crippen LogP contribution is 2.36. The van der Waals surface area contributed by atoms with Crippen molar-refractivity contribution in [2.45, 2.75) is 17.4 Å². The van der Waals surface area contributed by atoms with Crippen LogP contribution in [0.1, 0.15) is 44.0 Å². The molecule has 4 rings (SSSR count). The molecular weight excluding hydrogens is 308 g/mol. The molecule has 22 heavy (non-hydrogen) atoms. The van der Waals surface area contributed by atoms with Crippen molar-refractivity contribution in [1.29, 1.82) is 0 Å². The Morgan fingerprint density at radius 2 is 2.09 bits per heavy atom. The fourth-order valence-corrected chi connectivity index (χ4v) is 3.72. The Labute approximate surface area is 129 Å². The molecule has 1 N–H and O–H groups in total. The van der Waals surface area contributed by atoms with Gasteiger partial charge in [-0.05, 0) is 0 Å². The summed E-state index contributed by atoms with van der Waals surface area (Å²) in [6.45, 7) is 0.955. The predicted octanol–water partition coefficient (Wildman–Crippen LogP) is 1.95. The average Bonchev–Trinajstić information content (AvgIpc) is 3.12. The molecule has 2 aliphatic heterocycles. The molecule has 0 bridgehead atoms. The summed E-state index contributed by atoms with van der Waals surface area (Å²) in [5.74, 6) is 1.68. The lowest BCUT2D eigenvalue weighted by atomic mass is 9.98. The lowest BCUT2D eigenvalue weighted by molar-refractivity contribution is 0.0573. The van der Waals surface area contributed by atoms with E-state index in [4.69, 9.17) is 13.9 Å². The summed E-state index contributed by atoms with van der Waals surface area (Å²) in [5.41, 5.74) is 1.53. The second-order valence-corrected chi connectivity index (χ2v) is 6.31. The number of thioether (sulfide) groups is 1. The maximum Gasteiger partial charge on any atom is 0.357 e. The van der Waals surface area contributed by atoms with Crippen LogP contribution in [0.5, 0.6) is 0 Å². The lowest BCUT2D eigenvalue weighted by Crippen LogP contribution is -2.48. The normalized spacial score (nSPS) is 17.4. The van der Waals surface area contributed by atoms with E-state index in [0.717, 1.165) is 29.1 Å². The zero-order valence-corrected chi connectivity index (χ0v) is 12.3. The van der Waals surface area contributed by atoms with Gasteiger partial charge >= 0.3 is 5.97 Å². The van der Waals surface area contributed by atoms with Gasteiger partial charge in [-0.2, -0.15) is 0 Å². The van der Waals surface area contributed by atoms with Crippen LogP contribution in [-0.4, -0.2) is 40.0 Å². The van der Waals surface area contributed by atoms with Crippen molar-refractivity contribution in [1.82, 2.24) is 9.88 Å². The minimum absolute atomic E-state index is 0.0474. The number of amides is 1. The number of aromatic carboxylic acids is 1. The molecule has 2 aromatic rings. The van der Waals surface area contributed by atoms with E-state index >= 15 is 0 Å². The first-order valence-electron chi connectivity index (χ1n) is 6.78. The van der Waals surface area contributed by atoms with Crippen LogP contribution >= 0.6 is 11.8 Å². The van der Waals surface area contributed by atoms with Gasteiger partial charge in [0.05, 0.1) is 17.2 Å². The van der Waals surface area contributed by atoms with E-state index < -0.39 is 5.97 Å². The maximum absolute atomic E-state index is 12.4. The van der Waals surface area contributed by atoms with Gasteiger partial charge < -0.3 is 18.8 Å². The molecule has 1 amide bonds. The largest absolute Gasteiger partial charge is 0.476 e. The summed E-state index contributed by atoms with van der Waals surface area (Å²) in [7, 11) is 0. The molecular formula is C14H12N2O5S. The van der Waals surface area contributed by atoms with Crippen LogP contribution in [0.4, 0.5) is 0 Å². The first-order valence-corrected chi connectivity index (χ1v) is 7.94. The fraction of sp³-hybridized carbons (Fsp3) is 0.357. The van der Waals surface area contributed by atoms with Crippen LogP contribution in [0, 0.1) is 0 Å². The van der Waals surface area contributed by atoms with Crippen LogP contribution < -0.4 is 0 Å². The summed E-state index contributed by atoms with van der Waals surface area (Å²) >= 11 is 1.74. The predicted molar refractivity (Wildman–Crippen MR) is 75.8 cm³/mol. The first kappa shape index (κ1) is 13.4. The number of hydrogen-bond donors (Lipinski definition) is 1. The van der Waals surface area contributed by atoms with Crippen LogP contribution in [-0.2, 0) is 11.5 Å². The minimum Gasteiger partial charge on any atom is -0.476 e. The van der Waals surface area contributed by atoms with Crippen LogP contribution in [0.25, 0.3) is 0 Å². The van der Waals surface area contributed by atoms with Crippen molar-refractivity contribution >= 4 is 23.6 Å². The third kappa shape index (κ3) is 2.02. The standard InChI is InChI=1S/C14H12N2O5S/c17-13(8-3-20-11-6-22-5-9(8)11)16-1-7(2-16)12-15-10(4-21-12)14(18)19/h3-4,7H,1-2,5-6H2,(H,18,19). The van der Waals surface area contributed by atoms with Gasteiger partial charge in [-0.15, -0.1) is 11.8 Å². The van der Waals surface area contributed by atoms with Crippen LogP contribution in [0.3, 0.4) is 0 Å². The summed E-state index contributed by atoms with van der Waals surface area (Å²) in [4.78, 5) is 28.8. The van der Waals surface area contributed by atoms with Gasteiger partial charge in [-0.25, -0.2) is 9.78 Å². The highest BCUT2D eigenvalue weighted by molar-refractivity contribution is 7.98. The van der Waals surface area contributed by atoms with Gasteiger partial charge in [0.15, 0.2) is 5.69 Å². The number of rotatable bonds is 3. The quantitative estimate of drug-likeness (QED) is 0.923. The van der Waals surface area contributed by atoms with Gasteiger partial charge in [0.25, 0.3) is 5.91 Å². The Morgan fingerprint density at radius 1 is 1.27 bits per heavy atom. The highest BCUT2D eigenvalue weighted by atomic mass is 32.2. The summed E-state index contributed by atoms with van der Waals surface area (Å²) in [6, 6.07) is 0. The monoisotopic (exact) mass is 320 g/mol. The Balaban J connectivity index is 1.44. The van der Waals surface area contributed by atoms with Crippen molar-refractivity contribution in [3.05, 3.63) is 41.0 Å². The molecule has 0 atom stereocenters. The lowest BCUT2D eigenvalue weighted by Gasteiger charge is -2.37. The Hall–Kier alpha value is -2.22. The molecule has 0 spiro atoms. The Kier molecular flexibility index (Phi) is 3.00. The number of nitrogens with zero attached hydrogens (tertiary/aromatic N) is 2. The minimum atomic E-state index is -1.12. The number of carboxylic acid groups (broad SMARTS) is 1. The maximum atomic E-state index is 12.4. The first-order chi connectivity index (χ1) is 10.6. The van der Waals surface area contributed by atoms with E-state index in [-0.39, 0.29) is 17.5 Å². The van der Waals surface area contributed by atoms with E-state index in [2.05, 4.69) is 4.98 Å². The van der Waals surface area contributed by atoms with Gasteiger partial charge in [-0.3, -0.25) is 4.79 Å². The molecule has 7 nitrogen and oxygen atoms in total. The van der Waals surface area contributed by atoms with Gasteiger partial charge in [0.2, 0.25) is 5.89 Å². The number of carbonyl (C=O) groups is 2. The third-order valence-corrected chi connectivity index (χ3v) is 4.91. The number of hydrogen-bond acceptors (Lipinski definition) is 6.